The van der Waals surface area contributed by atoms with E-state index in [-0.39, 0.29) is 12.6 Å². The fraction of sp³-hybridized carbons (Fsp3) is 0.556. The first-order chi connectivity index (χ1) is 7.26. The first-order valence-electron chi connectivity index (χ1n) is 4.60. The zero-order valence-electron chi connectivity index (χ0n) is 8.48. The van der Waals surface area contributed by atoms with Gasteiger partial charge in [0.25, 0.3) is 0 Å². The van der Waals surface area contributed by atoms with Gasteiger partial charge in [-0.1, -0.05) is 11.6 Å². The summed E-state index contributed by atoms with van der Waals surface area (Å²) in [5.41, 5.74) is 0. The highest BCUT2D eigenvalue weighted by molar-refractivity contribution is 6.30. The minimum atomic E-state index is 0.00109. The second-order valence-corrected chi connectivity index (χ2v) is 3.47. The number of aliphatic hydroxyl groups is 1. The predicted molar refractivity (Wildman–Crippen MR) is 58.0 cm³/mol. The average molecular weight is 232 g/mol. The standard InChI is InChI=1S/C9H14ClN3O2/c1-15-6-8(2-3-14)13-9-11-4-7(10)5-12-9/h4-5,8,14H,2-3,6H2,1H3,(H,11,12,13). The molecule has 1 atom stereocenters. The van der Waals surface area contributed by atoms with Crippen LogP contribution in [0.25, 0.3) is 0 Å². The Morgan fingerprint density at radius 2 is 2.20 bits per heavy atom. The normalized spacial score (nSPS) is 12.5. The largest absolute Gasteiger partial charge is 0.396 e. The summed E-state index contributed by atoms with van der Waals surface area (Å²) in [6.45, 7) is 0.584. The molecule has 1 aromatic rings. The van der Waals surface area contributed by atoms with E-state index < -0.39 is 0 Å². The SMILES string of the molecule is COCC(CCO)Nc1ncc(Cl)cn1. The van der Waals surface area contributed by atoms with E-state index >= 15 is 0 Å². The maximum absolute atomic E-state index is 8.83. The molecule has 0 radical (unpaired) electrons. The summed E-state index contributed by atoms with van der Waals surface area (Å²) in [5.74, 6) is 0.481. The molecular formula is C9H14ClN3O2. The van der Waals surface area contributed by atoms with Crippen LogP contribution in [0.1, 0.15) is 6.42 Å². The third kappa shape index (κ3) is 4.42. The van der Waals surface area contributed by atoms with Gasteiger partial charge in [-0.25, -0.2) is 9.97 Å². The Kier molecular flexibility index (Phi) is 5.31. The van der Waals surface area contributed by atoms with Gasteiger partial charge < -0.3 is 15.2 Å². The number of halogens is 1. The van der Waals surface area contributed by atoms with Crippen molar-refractivity contribution in [3.63, 3.8) is 0 Å². The first-order valence-corrected chi connectivity index (χ1v) is 4.98. The zero-order valence-corrected chi connectivity index (χ0v) is 9.24. The van der Waals surface area contributed by atoms with E-state index in [2.05, 4.69) is 15.3 Å². The molecule has 0 aromatic carbocycles. The molecule has 0 bridgehead atoms. The fourth-order valence-electron chi connectivity index (χ4n) is 1.12. The number of rotatable bonds is 6. The van der Waals surface area contributed by atoms with Gasteiger partial charge in [0.15, 0.2) is 0 Å². The molecule has 0 aliphatic rings. The fourth-order valence-corrected chi connectivity index (χ4v) is 1.22. The number of anilines is 1. The van der Waals surface area contributed by atoms with Crippen molar-refractivity contribution < 1.29 is 9.84 Å². The van der Waals surface area contributed by atoms with Gasteiger partial charge in [-0.05, 0) is 6.42 Å². The van der Waals surface area contributed by atoms with Crippen LogP contribution < -0.4 is 5.32 Å². The second kappa shape index (κ2) is 6.55. The topological polar surface area (TPSA) is 67.3 Å². The van der Waals surface area contributed by atoms with Gasteiger partial charge in [0.05, 0.1) is 30.1 Å². The monoisotopic (exact) mass is 231 g/mol. The number of methoxy groups -OCH3 is 1. The Bertz CT molecular complexity index is 275. The molecule has 0 amide bonds. The lowest BCUT2D eigenvalue weighted by Gasteiger charge is -2.16. The van der Waals surface area contributed by atoms with E-state index in [9.17, 15) is 0 Å². The van der Waals surface area contributed by atoms with Crippen LogP contribution in [-0.4, -0.2) is 41.4 Å². The Morgan fingerprint density at radius 3 is 2.73 bits per heavy atom. The maximum atomic E-state index is 8.83. The minimum absolute atomic E-state index is 0.00109. The van der Waals surface area contributed by atoms with Crippen molar-refractivity contribution in [2.75, 3.05) is 25.6 Å². The molecule has 0 spiro atoms. The number of aromatic nitrogens is 2. The van der Waals surface area contributed by atoms with Gasteiger partial charge in [-0.3, -0.25) is 0 Å². The zero-order chi connectivity index (χ0) is 11.1. The van der Waals surface area contributed by atoms with E-state index in [1.165, 1.54) is 12.4 Å². The maximum Gasteiger partial charge on any atom is 0.222 e. The average Bonchev–Trinajstić information content (AvgIpc) is 2.22. The van der Waals surface area contributed by atoms with Crippen LogP contribution in [0, 0.1) is 0 Å². The highest BCUT2D eigenvalue weighted by Crippen LogP contribution is 2.07. The molecule has 2 N–H and O–H groups in total. The summed E-state index contributed by atoms with van der Waals surface area (Å²) in [7, 11) is 1.61. The molecule has 15 heavy (non-hydrogen) atoms. The van der Waals surface area contributed by atoms with E-state index in [1.54, 1.807) is 7.11 Å². The lowest BCUT2D eigenvalue weighted by Crippen LogP contribution is -2.27. The molecule has 0 saturated carbocycles. The van der Waals surface area contributed by atoms with Crippen molar-refractivity contribution in [3.8, 4) is 0 Å². The Hall–Kier alpha value is -0.910. The molecule has 0 saturated heterocycles. The molecule has 0 aliphatic heterocycles. The number of hydrogen-bond donors (Lipinski definition) is 2. The number of nitrogens with zero attached hydrogens (tertiary/aromatic N) is 2. The van der Waals surface area contributed by atoms with Crippen LogP contribution in [0.3, 0.4) is 0 Å². The summed E-state index contributed by atoms with van der Waals surface area (Å²) in [5, 5.41) is 12.4. The third-order valence-corrected chi connectivity index (χ3v) is 1.99. The van der Waals surface area contributed by atoms with E-state index in [4.69, 9.17) is 21.4 Å². The van der Waals surface area contributed by atoms with E-state index in [1.807, 2.05) is 0 Å². The van der Waals surface area contributed by atoms with Gasteiger partial charge in [-0.2, -0.15) is 0 Å². The number of aliphatic hydroxyl groups excluding tert-OH is 1. The van der Waals surface area contributed by atoms with Crippen LogP contribution in [-0.2, 0) is 4.74 Å². The molecule has 6 heteroatoms. The van der Waals surface area contributed by atoms with Crippen molar-refractivity contribution in [2.45, 2.75) is 12.5 Å². The molecule has 1 unspecified atom stereocenters. The highest BCUT2D eigenvalue weighted by Gasteiger charge is 2.08. The second-order valence-electron chi connectivity index (χ2n) is 3.03. The minimum Gasteiger partial charge on any atom is -0.396 e. The molecule has 5 nitrogen and oxygen atoms in total. The summed E-state index contributed by atoms with van der Waals surface area (Å²) in [6, 6.07) is 0.00109. The summed E-state index contributed by atoms with van der Waals surface area (Å²) in [6.07, 6.45) is 3.61. The molecular weight excluding hydrogens is 218 g/mol. The Labute approximate surface area is 93.5 Å². The smallest absolute Gasteiger partial charge is 0.222 e. The first kappa shape index (κ1) is 12.2. The van der Waals surface area contributed by atoms with Crippen molar-refractivity contribution in [3.05, 3.63) is 17.4 Å². The summed E-state index contributed by atoms with van der Waals surface area (Å²) >= 11 is 5.65. The number of ether oxygens (including phenoxy) is 1. The summed E-state index contributed by atoms with van der Waals surface area (Å²) < 4.78 is 5.00. The van der Waals surface area contributed by atoms with E-state index in [0.717, 1.165) is 0 Å². The van der Waals surface area contributed by atoms with Gasteiger partial charge in [0.2, 0.25) is 5.95 Å². The van der Waals surface area contributed by atoms with E-state index in [0.29, 0.717) is 24.0 Å². The lowest BCUT2D eigenvalue weighted by molar-refractivity contribution is 0.170. The van der Waals surface area contributed by atoms with Crippen molar-refractivity contribution in [2.24, 2.45) is 0 Å². The molecule has 0 fully saturated rings. The Morgan fingerprint density at radius 1 is 1.53 bits per heavy atom. The highest BCUT2D eigenvalue weighted by atomic mass is 35.5. The van der Waals surface area contributed by atoms with Crippen molar-refractivity contribution >= 4 is 17.5 Å². The van der Waals surface area contributed by atoms with Gasteiger partial charge in [0.1, 0.15) is 0 Å². The van der Waals surface area contributed by atoms with Gasteiger partial charge >= 0.3 is 0 Å². The van der Waals surface area contributed by atoms with Crippen LogP contribution >= 0.6 is 11.6 Å². The molecule has 1 aromatic heterocycles. The van der Waals surface area contributed by atoms with Crippen LogP contribution in [0.4, 0.5) is 5.95 Å². The predicted octanol–water partition coefficient (Wildman–Crippen LogP) is 0.939. The molecule has 84 valence electrons. The quantitative estimate of drug-likeness (QED) is 0.763. The van der Waals surface area contributed by atoms with Gasteiger partial charge in [-0.15, -0.1) is 0 Å². The van der Waals surface area contributed by atoms with Crippen molar-refractivity contribution in [1.82, 2.24) is 9.97 Å². The van der Waals surface area contributed by atoms with Gasteiger partial charge in [0, 0.05) is 13.7 Å². The summed E-state index contributed by atoms with van der Waals surface area (Å²) in [4.78, 5) is 7.98. The van der Waals surface area contributed by atoms with Crippen LogP contribution in [0.2, 0.25) is 5.02 Å². The van der Waals surface area contributed by atoms with Crippen LogP contribution in [0.5, 0.6) is 0 Å². The number of hydrogen-bond acceptors (Lipinski definition) is 5. The Balaban J connectivity index is 2.53. The number of nitrogens with one attached hydrogen (secondary N) is 1. The molecule has 1 rings (SSSR count). The molecule has 0 aliphatic carbocycles. The third-order valence-electron chi connectivity index (χ3n) is 1.80. The molecule has 1 heterocycles. The van der Waals surface area contributed by atoms with Crippen molar-refractivity contribution in [1.29, 1.82) is 0 Å². The van der Waals surface area contributed by atoms with Crippen LogP contribution in [0.15, 0.2) is 12.4 Å². The lowest BCUT2D eigenvalue weighted by atomic mass is 10.2.